The van der Waals surface area contributed by atoms with Gasteiger partial charge < -0.3 is 10.6 Å². The molecule has 0 radical (unpaired) electrons. The normalized spacial score (nSPS) is 14.3. The van der Waals surface area contributed by atoms with Crippen molar-refractivity contribution in [2.45, 2.75) is 37.0 Å². The van der Waals surface area contributed by atoms with Gasteiger partial charge >= 0.3 is 0 Å². The maximum absolute atomic E-state index is 12.7. The van der Waals surface area contributed by atoms with Gasteiger partial charge in [-0.25, -0.2) is 8.42 Å². The van der Waals surface area contributed by atoms with Crippen molar-refractivity contribution in [1.82, 2.24) is 10.0 Å². The van der Waals surface area contributed by atoms with E-state index in [2.05, 4.69) is 20.3 Å². The number of carbonyl (C=O) groups excluding carboxylic acids is 2. The van der Waals surface area contributed by atoms with Gasteiger partial charge in [0, 0.05) is 31.6 Å². The molecule has 10 heteroatoms. The molecule has 160 valence electrons. The van der Waals surface area contributed by atoms with Crippen LogP contribution in [-0.2, 0) is 14.8 Å². The summed E-state index contributed by atoms with van der Waals surface area (Å²) in [7, 11) is -3.78. The number of thiophene rings is 1. The lowest BCUT2D eigenvalue weighted by Gasteiger charge is -2.11. The molecule has 0 unspecified atom stereocenters. The van der Waals surface area contributed by atoms with Crippen LogP contribution in [0.3, 0.4) is 0 Å². The fourth-order valence-electron chi connectivity index (χ4n) is 2.92. The Kier molecular flexibility index (Phi) is 7.58. The molecule has 0 aliphatic carbocycles. The largest absolute Gasteiger partial charge is 0.351 e. The van der Waals surface area contributed by atoms with Gasteiger partial charge in [0.25, 0.3) is 15.9 Å². The summed E-state index contributed by atoms with van der Waals surface area (Å²) in [5.41, 5.74) is 0.371. The van der Waals surface area contributed by atoms with Gasteiger partial charge in [-0.1, -0.05) is 18.6 Å². The summed E-state index contributed by atoms with van der Waals surface area (Å²) in [5, 5.41) is 7.15. The predicted octanol–water partition coefficient (Wildman–Crippen LogP) is 2.76. The molecular weight excluding hydrogens is 424 g/mol. The highest BCUT2D eigenvalue weighted by molar-refractivity contribution is 7.90. The Labute approximate surface area is 179 Å². The van der Waals surface area contributed by atoms with Crippen LogP contribution in [0.15, 0.2) is 51.7 Å². The van der Waals surface area contributed by atoms with Crippen LogP contribution >= 0.6 is 11.3 Å². The molecule has 1 aromatic heterocycles. The van der Waals surface area contributed by atoms with Crippen molar-refractivity contribution in [1.29, 1.82) is 0 Å². The number of amides is 2. The number of nitrogens with one attached hydrogen (secondary N) is 3. The summed E-state index contributed by atoms with van der Waals surface area (Å²) in [5.74, 6) is -0.0704. The van der Waals surface area contributed by atoms with Crippen LogP contribution in [-0.4, -0.2) is 39.2 Å². The van der Waals surface area contributed by atoms with Crippen molar-refractivity contribution in [3.05, 3.63) is 46.7 Å². The molecule has 0 spiro atoms. The van der Waals surface area contributed by atoms with Crippen molar-refractivity contribution in [2.75, 3.05) is 18.4 Å². The quantitative estimate of drug-likeness (QED) is 0.604. The molecule has 8 nitrogen and oxygen atoms in total. The van der Waals surface area contributed by atoms with E-state index < -0.39 is 10.0 Å². The van der Waals surface area contributed by atoms with Crippen molar-refractivity contribution in [3.8, 4) is 0 Å². The lowest BCUT2D eigenvalue weighted by molar-refractivity contribution is -0.116. The molecule has 0 fully saturated rings. The Balaban J connectivity index is 1.54. The summed E-state index contributed by atoms with van der Waals surface area (Å²) < 4.78 is 27.9. The highest BCUT2D eigenvalue weighted by Gasteiger charge is 2.18. The third-order valence-corrected chi connectivity index (χ3v) is 6.68. The highest BCUT2D eigenvalue weighted by Crippen LogP contribution is 2.17. The molecule has 30 heavy (non-hydrogen) atoms. The average molecular weight is 449 g/mol. The first-order chi connectivity index (χ1) is 14.4. The Bertz CT molecular complexity index is 1020. The van der Waals surface area contributed by atoms with Gasteiger partial charge in [-0.2, -0.15) is 0 Å². The maximum atomic E-state index is 12.7. The SMILES string of the molecule is O=C(CCNC(=O)c1cccs1)Nc1cccc(S(=O)(=O)NC2=NCCCCC2)c1. The Morgan fingerprint density at radius 1 is 1.10 bits per heavy atom. The summed E-state index contributed by atoms with van der Waals surface area (Å²) in [6.45, 7) is 0.804. The number of nitrogens with zero attached hydrogens (tertiary/aromatic N) is 1. The zero-order valence-electron chi connectivity index (χ0n) is 16.4. The van der Waals surface area contributed by atoms with E-state index in [1.807, 2.05) is 0 Å². The molecule has 0 atom stereocenters. The minimum atomic E-state index is -3.78. The monoisotopic (exact) mass is 448 g/mol. The van der Waals surface area contributed by atoms with Crippen LogP contribution in [0, 0.1) is 0 Å². The molecule has 0 bridgehead atoms. The molecule has 2 heterocycles. The molecule has 3 N–H and O–H groups in total. The third-order valence-electron chi connectivity index (χ3n) is 4.44. The van der Waals surface area contributed by atoms with E-state index in [1.54, 1.807) is 29.6 Å². The second-order valence-electron chi connectivity index (χ2n) is 6.80. The smallest absolute Gasteiger partial charge is 0.262 e. The number of benzene rings is 1. The van der Waals surface area contributed by atoms with Gasteiger partial charge in [0.1, 0.15) is 5.84 Å². The van der Waals surface area contributed by atoms with Crippen molar-refractivity contribution >= 4 is 44.7 Å². The van der Waals surface area contributed by atoms with E-state index in [9.17, 15) is 18.0 Å². The van der Waals surface area contributed by atoms with Crippen molar-refractivity contribution in [3.63, 3.8) is 0 Å². The van der Waals surface area contributed by atoms with E-state index in [1.165, 1.54) is 23.5 Å². The van der Waals surface area contributed by atoms with Gasteiger partial charge in [-0.15, -0.1) is 11.3 Å². The molecule has 1 aliphatic heterocycles. The second-order valence-corrected chi connectivity index (χ2v) is 9.43. The topological polar surface area (TPSA) is 117 Å². The lowest BCUT2D eigenvalue weighted by atomic mass is 10.2. The second kappa shape index (κ2) is 10.4. The zero-order chi connectivity index (χ0) is 21.4. The fourth-order valence-corrected chi connectivity index (χ4v) is 4.69. The highest BCUT2D eigenvalue weighted by atomic mass is 32.2. The molecule has 3 rings (SSSR count). The fraction of sp³-hybridized carbons (Fsp3) is 0.350. The van der Waals surface area contributed by atoms with E-state index in [-0.39, 0.29) is 29.7 Å². The number of carbonyl (C=O) groups is 2. The van der Waals surface area contributed by atoms with Crippen LogP contribution in [0.4, 0.5) is 5.69 Å². The van der Waals surface area contributed by atoms with Crippen molar-refractivity contribution < 1.29 is 18.0 Å². The first-order valence-electron chi connectivity index (χ1n) is 9.72. The van der Waals surface area contributed by atoms with Gasteiger partial charge in [0.2, 0.25) is 5.91 Å². The van der Waals surface area contributed by atoms with Gasteiger partial charge in [-0.05, 0) is 42.5 Å². The first-order valence-corrected chi connectivity index (χ1v) is 12.1. The third kappa shape index (κ3) is 6.39. The molecule has 2 aromatic rings. The van der Waals surface area contributed by atoms with Crippen LogP contribution in [0.2, 0.25) is 0 Å². The number of rotatable bonds is 7. The predicted molar refractivity (Wildman–Crippen MR) is 117 cm³/mol. The number of anilines is 1. The lowest BCUT2D eigenvalue weighted by Crippen LogP contribution is -2.30. The molecule has 0 saturated carbocycles. The Morgan fingerprint density at radius 3 is 2.77 bits per heavy atom. The van der Waals surface area contributed by atoms with E-state index in [0.717, 1.165) is 19.3 Å². The molecule has 0 saturated heterocycles. The van der Waals surface area contributed by atoms with Crippen LogP contribution < -0.4 is 15.4 Å². The van der Waals surface area contributed by atoms with Gasteiger partial charge in [-0.3, -0.25) is 19.3 Å². The summed E-state index contributed by atoms with van der Waals surface area (Å²) >= 11 is 1.33. The summed E-state index contributed by atoms with van der Waals surface area (Å²) in [6, 6.07) is 9.55. The van der Waals surface area contributed by atoms with E-state index in [4.69, 9.17) is 0 Å². The maximum Gasteiger partial charge on any atom is 0.262 e. The zero-order valence-corrected chi connectivity index (χ0v) is 18.0. The standard InChI is InChI=1S/C20H24N4O4S2/c25-19(10-12-22-20(26)17-8-5-13-29-17)23-15-6-4-7-16(14-15)30(27,28)24-18-9-2-1-3-11-21-18/h4-8,13-14H,1-3,9-12H2,(H,21,24)(H,22,26)(H,23,25). The minimum Gasteiger partial charge on any atom is -0.351 e. The minimum absolute atomic E-state index is 0.0539. The first kappa shape index (κ1) is 22.0. The molecular formula is C20H24N4O4S2. The Morgan fingerprint density at radius 2 is 1.97 bits per heavy atom. The summed E-state index contributed by atoms with van der Waals surface area (Å²) in [4.78, 5) is 29.0. The number of hydrogen-bond acceptors (Lipinski definition) is 6. The van der Waals surface area contributed by atoms with Gasteiger partial charge in [0.15, 0.2) is 0 Å². The number of hydrogen-bond donors (Lipinski definition) is 3. The molecule has 1 aromatic carbocycles. The van der Waals surface area contributed by atoms with E-state index >= 15 is 0 Å². The van der Waals surface area contributed by atoms with Crippen molar-refractivity contribution in [2.24, 2.45) is 4.99 Å². The summed E-state index contributed by atoms with van der Waals surface area (Å²) in [6.07, 6.45) is 3.57. The van der Waals surface area contributed by atoms with E-state index in [0.29, 0.717) is 29.4 Å². The molecule has 2 amide bonds. The van der Waals surface area contributed by atoms with Crippen LogP contribution in [0.1, 0.15) is 41.8 Å². The average Bonchev–Trinajstić information content (AvgIpc) is 3.14. The van der Waals surface area contributed by atoms with Crippen LogP contribution in [0.25, 0.3) is 0 Å². The van der Waals surface area contributed by atoms with Gasteiger partial charge in [0.05, 0.1) is 9.77 Å². The number of amidine groups is 1. The number of aliphatic imine (C=N–C) groups is 1. The Hall–Kier alpha value is -2.72. The number of sulfonamides is 1. The van der Waals surface area contributed by atoms with Crippen LogP contribution in [0.5, 0.6) is 0 Å². The molecule has 1 aliphatic rings.